The van der Waals surface area contributed by atoms with Gasteiger partial charge in [-0.2, -0.15) is 9.61 Å². The van der Waals surface area contributed by atoms with E-state index in [9.17, 15) is 9.59 Å². The number of hydrogen-bond acceptors (Lipinski definition) is 6. The van der Waals surface area contributed by atoms with Gasteiger partial charge in [-0.15, -0.1) is 5.10 Å². The van der Waals surface area contributed by atoms with Crippen LogP contribution >= 0.6 is 11.8 Å². The molecule has 0 bridgehead atoms. The molecule has 8 nitrogen and oxygen atoms in total. The second-order valence-electron chi connectivity index (χ2n) is 6.05. The number of nitrogens with one attached hydrogen (secondary N) is 1. The van der Waals surface area contributed by atoms with Gasteiger partial charge in [0, 0.05) is 4.90 Å². The average molecular weight is 407 g/mol. The minimum absolute atomic E-state index is 0.235. The van der Waals surface area contributed by atoms with E-state index < -0.39 is 5.69 Å². The molecule has 0 radical (unpaired) electrons. The third-order valence-electron chi connectivity index (χ3n) is 4.06. The molecule has 4 rings (SSSR count). The number of para-hydroxylation sites is 2. The fourth-order valence-electron chi connectivity index (χ4n) is 2.73. The van der Waals surface area contributed by atoms with Crippen molar-refractivity contribution in [3.05, 3.63) is 77.2 Å². The second kappa shape index (κ2) is 8.19. The lowest BCUT2D eigenvalue weighted by Gasteiger charge is -2.09. The zero-order chi connectivity index (χ0) is 20.2. The maximum Gasteiger partial charge on any atom is 0.367 e. The predicted octanol–water partition coefficient (Wildman–Crippen LogP) is 2.69. The number of carbonyl (C=O) groups excluding carboxylic acids is 1. The lowest BCUT2D eigenvalue weighted by molar-refractivity contribution is -0.117. The fraction of sp³-hybridized carbons (Fsp3) is 0.100. The van der Waals surface area contributed by atoms with Crippen molar-refractivity contribution in [3.8, 4) is 5.75 Å². The summed E-state index contributed by atoms with van der Waals surface area (Å²) in [7, 11) is 1.52. The highest BCUT2D eigenvalue weighted by Gasteiger charge is 2.14. The molecule has 4 aromatic rings. The minimum atomic E-state index is -0.481. The smallest absolute Gasteiger partial charge is 0.367 e. The molecule has 2 aromatic heterocycles. The molecule has 0 spiro atoms. The summed E-state index contributed by atoms with van der Waals surface area (Å²) in [6.07, 6.45) is 0. The van der Waals surface area contributed by atoms with Crippen molar-refractivity contribution in [2.24, 2.45) is 0 Å². The average Bonchev–Trinajstić information content (AvgIpc) is 3.04. The molecule has 0 saturated carbocycles. The van der Waals surface area contributed by atoms with E-state index in [-0.39, 0.29) is 12.5 Å². The molecule has 0 aliphatic carbocycles. The van der Waals surface area contributed by atoms with Crippen LogP contribution in [0.15, 0.2) is 81.4 Å². The fourth-order valence-corrected chi connectivity index (χ4v) is 3.53. The monoisotopic (exact) mass is 407 g/mol. The van der Waals surface area contributed by atoms with E-state index in [4.69, 9.17) is 4.74 Å². The van der Waals surface area contributed by atoms with Crippen molar-refractivity contribution in [1.29, 1.82) is 0 Å². The van der Waals surface area contributed by atoms with Crippen LogP contribution in [0.1, 0.15) is 0 Å². The van der Waals surface area contributed by atoms with Crippen LogP contribution in [0.25, 0.3) is 5.65 Å². The van der Waals surface area contributed by atoms with Crippen LogP contribution in [0.3, 0.4) is 0 Å². The number of rotatable bonds is 6. The van der Waals surface area contributed by atoms with Crippen LogP contribution in [-0.2, 0) is 11.3 Å². The number of fused-ring (bicyclic) bond motifs is 1. The quantitative estimate of drug-likeness (QED) is 0.529. The molecule has 29 heavy (non-hydrogen) atoms. The molecule has 2 heterocycles. The summed E-state index contributed by atoms with van der Waals surface area (Å²) in [4.78, 5) is 26.0. The Kier molecular flexibility index (Phi) is 5.30. The number of hydrogen-bond donors (Lipinski definition) is 1. The van der Waals surface area contributed by atoms with Gasteiger partial charge < -0.3 is 10.1 Å². The molecule has 0 aliphatic heterocycles. The summed E-state index contributed by atoms with van der Waals surface area (Å²) in [5.74, 6) is 0.145. The number of benzene rings is 2. The summed E-state index contributed by atoms with van der Waals surface area (Å²) in [5.41, 5.74) is 0.416. The summed E-state index contributed by atoms with van der Waals surface area (Å²) >= 11 is 1.44. The van der Waals surface area contributed by atoms with Crippen molar-refractivity contribution < 1.29 is 9.53 Å². The summed E-state index contributed by atoms with van der Waals surface area (Å²) < 4.78 is 7.50. The largest absolute Gasteiger partial charge is 0.495 e. The van der Waals surface area contributed by atoms with Crippen molar-refractivity contribution in [1.82, 2.24) is 19.4 Å². The number of aromatic nitrogens is 4. The first-order valence-corrected chi connectivity index (χ1v) is 9.58. The number of methoxy groups -OCH3 is 1. The van der Waals surface area contributed by atoms with Gasteiger partial charge in [-0.25, -0.2) is 9.48 Å². The van der Waals surface area contributed by atoms with E-state index in [0.717, 1.165) is 9.58 Å². The third kappa shape index (κ3) is 4.14. The van der Waals surface area contributed by atoms with Crippen molar-refractivity contribution >= 4 is 29.0 Å². The highest BCUT2D eigenvalue weighted by atomic mass is 32.2. The van der Waals surface area contributed by atoms with Crippen LogP contribution in [0.5, 0.6) is 5.75 Å². The maximum atomic E-state index is 12.6. The van der Waals surface area contributed by atoms with Crippen LogP contribution in [0.4, 0.5) is 5.69 Å². The predicted molar refractivity (Wildman–Crippen MR) is 109 cm³/mol. The number of amides is 1. The number of nitrogens with zero attached hydrogens (tertiary/aromatic N) is 4. The van der Waals surface area contributed by atoms with Crippen LogP contribution in [0.2, 0.25) is 0 Å². The summed E-state index contributed by atoms with van der Waals surface area (Å²) in [5, 5.41) is 11.9. The maximum absolute atomic E-state index is 12.6. The lowest BCUT2D eigenvalue weighted by Crippen LogP contribution is -2.29. The van der Waals surface area contributed by atoms with E-state index in [1.54, 1.807) is 36.4 Å². The molecule has 0 atom stereocenters. The number of carbonyl (C=O) groups is 1. The van der Waals surface area contributed by atoms with Gasteiger partial charge in [-0.05, 0) is 36.4 Å². The van der Waals surface area contributed by atoms with Crippen LogP contribution in [0, 0.1) is 0 Å². The second-order valence-corrected chi connectivity index (χ2v) is 7.14. The Morgan fingerprint density at radius 2 is 1.79 bits per heavy atom. The van der Waals surface area contributed by atoms with Gasteiger partial charge in [0.1, 0.15) is 17.3 Å². The first-order chi connectivity index (χ1) is 14.1. The highest BCUT2D eigenvalue weighted by molar-refractivity contribution is 7.99. The molecule has 0 saturated heterocycles. The van der Waals surface area contributed by atoms with E-state index >= 15 is 0 Å². The third-order valence-corrected chi connectivity index (χ3v) is 4.99. The summed E-state index contributed by atoms with van der Waals surface area (Å²) in [6, 6.07) is 20.3. The Morgan fingerprint density at radius 3 is 2.59 bits per heavy atom. The number of anilines is 1. The normalized spacial score (nSPS) is 10.8. The molecule has 1 amide bonds. The van der Waals surface area contributed by atoms with Gasteiger partial charge in [0.15, 0.2) is 5.65 Å². The molecule has 2 aromatic carbocycles. The first-order valence-electron chi connectivity index (χ1n) is 8.77. The van der Waals surface area contributed by atoms with E-state index in [1.165, 1.54) is 23.4 Å². The van der Waals surface area contributed by atoms with E-state index in [0.29, 0.717) is 22.1 Å². The molecule has 0 aliphatic rings. The standard InChI is InChI=1S/C20H17N5O3S/c1-28-16-10-6-5-9-15(16)21-18(26)13-24-20(27)25-17(22-24)11-12-19(23-25)29-14-7-3-2-4-8-14/h2-12H,13H2,1H3,(H,21,26). The van der Waals surface area contributed by atoms with Crippen LogP contribution in [-0.4, -0.2) is 32.4 Å². The Labute approximate surface area is 170 Å². The van der Waals surface area contributed by atoms with E-state index in [1.807, 2.05) is 30.3 Å². The molecule has 9 heteroatoms. The lowest BCUT2D eigenvalue weighted by atomic mass is 10.3. The molecule has 1 N–H and O–H groups in total. The Balaban J connectivity index is 1.54. The van der Waals surface area contributed by atoms with Crippen LogP contribution < -0.4 is 15.7 Å². The SMILES string of the molecule is COc1ccccc1NC(=O)Cn1nc2ccc(Sc3ccccc3)nn2c1=O. The molecule has 0 fully saturated rings. The topological polar surface area (TPSA) is 90.5 Å². The molecular formula is C20H17N5O3S. The van der Waals surface area contributed by atoms with Crippen molar-refractivity contribution in [2.45, 2.75) is 16.5 Å². The highest BCUT2D eigenvalue weighted by Crippen LogP contribution is 2.25. The summed E-state index contributed by atoms with van der Waals surface area (Å²) in [6.45, 7) is -0.235. The van der Waals surface area contributed by atoms with Gasteiger partial charge >= 0.3 is 5.69 Å². The first kappa shape index (κ1) is 18.8. The number of ether oxygens (including phenoxy) is 1. The van der Waals surface area contributed by atoms with Crippen molar-refractivity contribution in [2.75, 3.05) is 12.4 Å². The zero-order valence-corrected chi connectivity index (χ0v) is 16.3. The Hall–Kier alpha value is -3.59. The molecule has 0 unspecified atom stereocenters. The van der Waals surface area contributed by atoms with Gasteiger partial charge in [-0.1, -0.05) is 42.1 Å². The van der Waals surface area contributed by atoms with Gasteiger partial charge in [0.05, 0.1) is 12.8 Å². The minimum Gasteiger partial charge on any atom is -0.495 e. The van der Waals surface area contributed by atoms with E-state index in [2.05, 4.69) is 15.5 Å². The zero-order valence-electron chi connectivity index (χ0n) is 15.5. The van der Waals surface area contributed by atoms with Crippen molar-refractivity contribution in [3.63, 3.8) is 0 Å². The van der Waals surface area contributed by atoms with Gasteiger partial charge in [0.25, 0.3) is 0 Å². The van der Waals surface area contributed by atoms with Gasteiger partial charge in [-0.3, -0.25) is 4.79 Å². The molecular weight excluding hydrogens is 390 g/mol. The molecule has 146 valence electrons. The Bertz CT molecular complexity index is 1220. The van der Waals surface area contributed by atoms with Gasteiger partial charge in [0.2, 0.25) is 5.91 Å². The Morgan fingerprint density at radius 1 is 1.03 bits per heavy atom.